The largest absolute Gasteiger partial charge is 0.497 e. The minimum absolute atomic E-state index is 0.0330. The molecule has 0 fully saturated rings. The molecule has 3 aromatic carbocycles. The number of carbonyl (C=O) groups excluding carboxylic acids is 1. The fraction of sp³-hybridized carbons (Fsp3) is 0.167. The summed E-state index contributed by atoms with van der Waals surface area (Å²) in [7, 11) is -1.08. The molecular weight excluding hydrogens is 549 g/mol. The molecule has 190 valence electrons. The topological polar surface area (TPSA) is 97.3 Å². The fourth-order valence-corrected chi connectivity index (χ4v) is 5.10. The molecule has 36 heavy (non-hydrogen) atoms. The molecule has 0 aliphatic rings. The highest BCUT2D eigenvalue weighted by atomic mass is 35.5. The van der Waals surface area contributed by atoms with Crippen molar-refractivity contribution in [3.05, 3.63) is 86.9 Å². The third-order valence-electron chi connectivity index (χ3n) is 4.96. The van der Waals surface area contributed by atoms with Crippen LogP contribution in [-0.2, 0) is 21.4 Å². The van der Waals surface area contributed by atoms with E-state index < -0.39 is 22.5 Å². The zero-order valence-electron chi connectivity index (χ0n) is 19.2. The number of rotatable bonds is 10. The van der Waals surface area contributed by atoms with E-state index in [1.54, 1.807) is 30.3 Å². The number of sulfonamides is 1. The highest BCUT2D eigenvalue weighted by Crippen LogP contribution is 2.26. The van der Waals surface area contributed by atoms with E-state index in [-0.39, 0.29) is 16.5 Å². The maximum absolute atomic E-state index is 13.4. The third kappa shape index (κ3) is 7.11. The molecule has 0 atom stereocenters. The van der Waals surface area contributed by atoms with Gasteiger partial charge in [-0.3, -0.25) is 4.79 Å². The molecule has 3 rings (SSSR count). The van der Waals surface area contributed by atoms with Crippen molar-refractivity contribution in [1.29, 1.82) is 0 Å². The summed E-state index contributed by atoms with van der Waals surface area (Å²) in [5.74, 6) is 0.414. The minimum atomic E-state index is -4.10. The Kier molecular flexibility index (Phi) is 9.58. The van der Waals surface area contributed by atoms with Gasteiger partial charge < -0.3 is 9.47 Å². The first-order valence-electron chi connectivity index (χ1n) is 10.4. The minimum Gasteiger partial charge on any atom is -0.497 e. The molecule has 1 amide bonds. The van der Waals surface area contributed by atoms with Gasteiger partial charge in [-0.1, -0.05) is 40.9 Å². The number of benzene rings is 3. The number of nitrogens with one attached hydrogen (secondary N) is 1. The first-order chi connectivity index (χ1) is 17.1. The van der Waals surface area contributed by atoms with Crippen molar-refractivity contribution in [3.8, 4) is 11.5 Å². The standard InChI is InChI=1S/C24H22Cl3N3O5S/c1-34-20-7-10-23(35-2)17(11-20)13-28-29-24(31)15-30(14-16-3-4-19(26)12-22(16)27)36(32,33)21-8-5-18(25)6-9-21/h3-13H,14-15H2,1-2H3,(H,29,31)/b28-13-. The first kappa shape index (κ1) is 27.8. The Morgan fingerprint density at radius 2 is 1.67 bits per heavy atom. The van der Waals surface area contributed by atoms with Gasteiger partial charge in [-0.2, -0.15) is 9.41 Å². The Balaban J connectivity index is 1.84. The van der Waals surface area contributed by atoms with Crippen LogP contribution in [0.15, 0.2) is 70.7 Å². The van der Waals surface area contributed by atoms with Crippen molar-refractivity contribution in [1.82, 2.24) is 9.73 Å². The summed E-state index contributed by atoms with van der Waals surface area (Å²) in [5, 5.41) is 4.98. The number of hydrogen-bond acceptors (Lipinski definition) is 6. The SMILES string of the molecule is COc1ccc(OC)c(/C=N\NC(=O)CN(Cc2ccc(Cl)cc2Cl)S(=O)(=O)c2ccc(Cl)cc2)c1. The maximum Gasteiger partial charge on any atom is 0.255 e. The monoisotopic (exact) mass is 569 g/mol. The zero-order valence-corrected chi connectivity index (χ0v) is 22.3. The lowest BCUT2D eigenvalue weighted by molar-refractivity contribution is -0.121. The van der Waals surface area contributed by atoms with Gasteiger partial charge in [-0.05, 0) is 60.2 Å². The number of amides is 1. The Labute approximate surface area is 224 Å². The van der Waals surface area contributed by atoms with Gasteiger partial charge in [0.15, 0.2) is 0 Å². The van der Waals surface area contributed by atoms with Crippen LogP contribution >= 0.6 is 34.8 Å². The normalized spacial score (nSPS) is 11.6. The predicted octanol–water partition coefficient (Wildman–Crippen LogP) is 5.01. The molecule has 0 aliphatic carbocycles. The number of methoxy groups -OCH3 is 2. The van der Waals surface area contributed by atoms with Crippen molar-refractivity contribution < 1.29 is 22.7 Å². The van der Waals surface area contributed by atoms with Crippen LogP contribution in [0.4, 0.5) is 0 Å². The van der Waals surface area contributed by atoms with Crippen molar-refractivity contribution in [2.75, 3.05) is 20.8 Å². The van der Waals surface area contributed by atoms with Crippen molar-refractivity contribution >= 4 is 56.9 Å². The predicted molar refractivity (Wildman–Crippen MR) is 141 cm³/mol. The molecular formula is C24H22Cl3N3O5S. The smallest absolute Gasteiger partial charge is 0.255 e. The van der Waals surface area contributed by atoms with E-state index in [1.165, 1.54) is 50.8 Å². The van der Waals surface area contributed by atoms with Crippen LogP contribution in [0.5, 0.6) is 11.5 Å². The van der Waals surface area contributed by atoms with E-state index in [1.807, 2.05) is 0 Å². The maximum atomic E-state index is 13.4. The van der Waals surface area contributed by atoms with Crippen LogP contribution in [-0.4, -0.2) is 45.6 Å². The summed E-state index contributed by atoms with van der Waals surface area (Å²) in [4.78, 5) is 12.7. The number of carbonyl (C=O) groups is 1. The molecule has 0 heterocycles. The average Bonchev–Trinajstić information content (AvgIpc) is 2.85. The highest BCUT2D eigenvalue weighted by molar-refractivity contribution is 7.89. The number of halogens is 3. The van der Waals surface area contributed by atoms with Crippen molar-refractivity contribution in [2.45, 2.75) is 11.4 Å². The molecule has 0 spiro atoms. The van der Waals surface area contributed by atoms with Gasteiger partial charge in [0, 0.05) is 27.2 Å². The molecule has 0 saturated carbocycles. The average molecular weight is 571 g/mol. The molecule has 0 bridgehead atoms. The van der Waals surface area contributed by atoms with E-state index in [9.17, 15) is 13.2 Å². The van der Waals surface area contributed by atoms with Crippen molar-refractivity contribution in [3.63, 3.8) is 0 Å². The Hall–Kier alpha value is -2.82. The van der Waals surface area contributed by atoms with Gasteiger partial charge in [0.2, 0.25) is 10.0 Å². The number of hydrogen-bond donors (Lipinski definition) is 1. The number of nitrogens with zero attached hydrogens (tertiary/aromatic N) is 2. The van der Waals surface area contributed by atoms with Crippen LogP contribution in [0.3, 0.4) is 0 Å². The number of hydrazone groups is 1. The van der Waals surface area contributed by atoms with Crippen LogP contribution < -0.4 is 14.9 Å². The molecule has 0 radical (unpaired) electrons. The fourth-order valence-electron chi connectivity index (χ4n) is 3.13. The molecule has 3 aromatic rings. The molecule has 0 unspecified atom stereocenters. The summed E-state index contributed by atoms with van der Waals surface area (Å²) < 4.78 is 38.2. The Morgan fingerprint density at radius 3 is 2.31 bits per heavy atom. The lowest BCUT2D eigenvalue weighted by Gasteiger charge is -2.22. The number of ether oxygens (including phenoxy) is 2. The summed E-state index contributed by atoms with van der Waals surface area (Å²) in [5.41, 5.74) is 3.37. The molecule has 0 saturated heterocycles. The van der Waals surface area contributed by atoms with E-state index in [2.05, 4.69) is 10.5 Å². The van der Waals surface area contributed by atoms with Crippen molar-refractivity contribution in [2.24, 2.45) is 5.10 Å². The second-order valence-corrected chi connectivity index (χ2v) is 10.6. The second-order valence-electron chi connectivity index (χ2n) is 7.36. The van der Waals surface area contributed by atoms with Gasteiger partial charge >= 0.3 is 0 Å². The van der Waals surface area contributed by atoms with Gasteiger partial charge in [0.05, 0.1) is 31.9 Å². The Morgan fingerprint density at radius 1 is 0.972 bits per heavy atom. The van der Waals surface area contributed by atoms with E-state index in [4.69, 9.17) is 44.3 Å². The third-order valence-corrected chi connectivity index (χ3v) is 7.61. The summed E-state index contributed by atoms with van der Waals surface area (Å²) in [6, 6.07) is 15.4. The van der Waals surface area contributed by atoms with Crippen LogP contribution in [0, 0.1) is 0 Å². The molecule has 0 aliphatic heterocycles. The molecule has 0 aromatic heterocycles. The zero-order chi connectivity index (χ0) is 26.3. The lowest BCUT2D eigenvalue weighted by atomic mass is 10.2. The quantitative estimate of drug-likeness (QED) is 0.273. The van der Waals surface area contributed by atoms with E-state index >= 15 is 0 Å². The first-order valence-corrected chi connectivity index (χ1v) is 12.9. The lowest BCUT2D eigenvalue weighted by Crippen LogP contribution is -2.39. The van der Waals surface area contributed by atoms with Crippen LogP contribution in [0.2, 0.25) is 15.1 Å². The van der Waals surface area contributed by atoms with Crippen LogP contribution in [0.25, 0.3) is 0 Å². The van der Waals surface area contributed by atoms with Gasteiger partial charge in [-0.25, -0.2) is 13.8 Å². The summed E-state index contributed by atoms with van der Waals surface area (Å²) in [6.45, 7) is -0.710. The Bertz CT molecular complexity index is 1370. The summed E-state index contributed by atoms with van der Waals surface area (Å²) in [6.07, 6.45) is 1.37. The van der Waals surface area contributed by atoms with Gasteiger partial charge in [0.25, 0.3) is 5.91 Å². The van der Waals surface area contributed by atoms with Gasteiger partial charge in [-0.15, -0.1) is 0 Å². The van der Waals surface area contributed by atoms with E-state index in [0.29, 0.717) is 32.7 Å². The highest BCUT2D eigenvalue weighted by Gasteiger charge is 2.27. The molecule has 1 N–H and O–H groups in total. The van der Waals surface area contributed by atoms with E-state index in [0.717, 1.165) is 4.31 Å². The summed E-state index contributed by atoms with van der Waals surface area (Å²) >= 11 is 18.1. The van der Waals surface area contributed by atoms with Gasteiger partial charge in [0.1, 0.15) is 11.5 Å². The van der Waals surface area contributed by atoms with Crippen LogP contribution in [0.1, 0.15) is 11.1 Å². The molecule has 8 nitrogen and oxygen atoms in total. The molecule has 12 heteroatoms. The second kappa shape index (κ2) is 12.4.